The highest BCUT2D eigenvalue weighted by molar-refractivity contribution is 6.31. The number of ketones is 2. The number of aromatic nitrogens is 2. The van der Waals surface area contributed by atoms with Crippen molar-refractivity contribution in [1.82, 2.24) is 9.97 Å². The predicted molar refractivity (Wildman–Crippen MR) is 123 cm³/mol. The summed E-state index contributed by atoms with van der Waals surface area (Å²) >= 11 is 0. The molecule has 2 heterocycles. The van der Waals surface area contributed by atoms with Crippen LogP contribution in [-0.4, -0.2) is 28.6 Å². The molecule has 32 heavy (non-hydrogen) atoms. The number of benzene rings is 3. The molecule has 6 rings (SSSR count). The van der Waals surface area contributed by atoms with E-state index in [1.54, 1.807) is 31.4 Å². The van der Waals surface area contributed by atoms with Crippen LogP contribution in [0.15, 0.2) is 79.0 Å². The molecule has 154 valence electrons. The van der Waals surface area contributed by atoms with Crippen LogP contribution in [0.4, 0.5) is 0 Å². The second-order valence-corrected chi connectivity index (χ2v) is 7.81. The number of methoxy groups -OCH3 is 1. The van der Waals surface area contributed by atoms with Gasteiger partial charge in [-0.05, 0) is 23.8 Å². The van der Waals surface area contributed by atoms with Gasteiger partial charge in [-0.1, -0.05) is 54.6 Å². The van der Waals surface area contributed by atoms with Crippen molar-refractivity contribution in [3.05, 3.63) is 101 Å². The van der Waals surface area contributed by atoms with E-state index in [9.17, 15) is 9.59 Å². The van der Waals surface area contributed by atoms with E-state index in [0.29, 0.717) is 22.4 Å². The molecule has 1 aliphatic carbocycles. The number of rotatable bonds is 3. The monoisotopic (exact) mass is 418 g/mol. The van der Waals surface area contributed by atoms with Crippen LogP contribution in [-0.2, 0) is 0 Å². The standard InChI is InChI=1S/C27H18N2O3/c1-32-16-11-12-21-19(13-16)20(14-28-21)22-23-25(29-24(22)15-7-3-2-4-8-15)27(31)18-10-6-5-9-17(18)26(23)30/h2-14,28-29H,1H3. The Kier molecular flexibility index (Phi) is 3.92. The predicted octanol–water partition coefficient (Wildman–Crippen LogP) is 5.61. The number of hydrogen-bond donors (Lipinski definition) is 2. The minimum atomic E-state index is -0.170. The van der Waals surface area contributed by atoms with Crippen LogP contribution in [0.3, 0.4) is 0 Å². The molecule has 2 N–H and O–H groups in total. The highest BCUT2D eigenvalue weighted by Gasteiger charge is 2.36. The summed E-state index contributed by atoms with van der Waals surface area (Å²) in [4.78, 5) is 33.6. The zero-order chi connectivity index (χ0) is 21.8. The minimum Gasteiger partial charge on any atom is -0.497 e. The minimum absolute atomic E-state index is 0.152. The van der Waals surface area contributed by atoms with Gasteiger partial charge in [0.05, 0.1) is 24.1 Å². The molecule has 0 amide bonds. The van der Waals surface area contributed by atoms with E-state index in [1.165, 1.54) is 0 Å². The van der Waals surface area contributed by atoms with E-state index < -0.39 is 0 Å². The molecule has 5 nitrogen and oxygen atoms in total. The summed E-state index contributed by atoms with van der Waals surface area (Å²) in [7, 11) is 1.63. The fourth-order valence-corrected chi connectivity index (χ4v) is 4.57. The van der Waals surface area contributed by atoms with Gasteiger partial charge in [0.2, 0.25) is 5.78 Å². The number of hydrogen-bond acceptors (Lipinski definition) is 3. The third kappa shape index (κ3) is 2.51. The summed E-state index contributed by atoms with van der Waals surface area (Å²) in [5.74, 6) is 0.397. The normalized spacial score (nSPS) is 12.7. The summed E-state index contributed by atoms with van der Waals surface area (Å²) in [6.45, 7) is 0. The van der Waals surface area contributed by atoms with Crippen molar-refractivity contribution in [3.63, 3.8) is 0 Å². The van der Waals surface area contributed by atoms with Gasteiger partial charge in [0.15, 0.2) is 5.78 Å². The van der Waals surface area contributed by atoms with Crippen molar-refractivity contribution in [2.75, 3.05) is 7.11 Å². The molecular formula is C27H18N2O3. The van der Waals surface area contributed by atoms with Gasteiger partial charge in [-0.15, -0.1) is 0 Å². The van der Waals surface area contributed by atoms with Crippen LogP contribution in [0.25, 0.3) is 33.3 Å². The summed E-state index contributed by atoms with van der Waals surface area (Å²) < 4.78 is 5.43. The van der Waals surface area contributed by atoms with E-state index in [-0.39, 0.29) is 11.6 Å². The lowest BCUT2D eigenvalue weighted by molar-refractivity contribution is 0.0977. The average Bonchev–Trinajstić information content (AvgIpc) is 3.44. The van der Waals surface area contributed by atoms with E-state index in [1.807, 2.05) is 54.7 Å². The maximum Gasteiger partial charge on any atom is 0.210 e. The second-order valence-electron chi connectivity index (χ2n) is 7.81. The van der Waals surface area contributed by atoms with Crippen molar-refractivity contribution < 1.29 is 14.3 Å². The van der Waals surface area contributed by atoms with Crippen LogP contribution < -0.4 is 4.74 Å². The fourth-order valence-electron chi connectivity index (χ4n) is 4.57. The quantitative estimate of drug-likeness (QED) is 0.392. The third-order valence-corrected chi connectivity index (χ3v) is 6.09. The second kappa shape index (κ2) is 6.82. The number of aromatic amines is 2. The molecule has 0 saturated heterocycles. The molecule has 3 aromatic carbocycles. The van der Waals surface area contributed by atoms with Crippen molar-refractivity contribution in [1.29, 1.82) is 0 Å². The number of carbonyl (C=O) groups is 2. The smallest absolute Gasteiger partial charge is 0.210 e. The Morgan fingerprint density at radius 3 is 2.19 bits per heavy atom. The van der Waals surface area contributed by atoms with Gasteiger partial charge >= 0.3 is 0 Å². The zero-order valence-electron chi connectivity index (χ0n) is 17.2. The van der Waals surface area contributed by atoms with Crippen LogP contribution in [0, 0.1) is 0 Å². The van der Waals surface area contributed by atoms with Crippen LogP contribution in [0.1, 0.15) is 32.0 Å². The summed E-state index contributed by atoms with van der Waals surface area (Å²) in [5.41, 5.74) is 5.74. The van der Waals surface area contributed by atoms with Crippen LogP contribution in [0.2, 0.25) is 0 Å². The molecule has 0 saturated carbocycles. The molecule has 0 fully saturated rings. The zero-order valence-corrected chi connectivity index (χ0v) is 17.2. The van der Waals surface area contributed by atoms with Gasteiger partial charge in [-0.25, -0.2) is 0 Å². The topological polar surface area (TPSA) is 75.0 Å². The lowest BCUT2D eigenvalue weighted by Gasteiger charge is -2.15. The fraction of sp³-hybridized carbons (Fsp3) is 0.0370. The lowest BCUT2D eigenvalue weighted by Crippen LogP contribution is -2.20. The summed E-state index contributed by atoms with van der Waals surface area (Å²) in [5, 5.41) is 0.919. The Morgan fingerprint density at radius 2 is 1.44 bits per heavy atom. The number of nitrogens with one attached hydrogen (secondary N) is 2. The molecular weight excluding hydrogens is 400 g/mol. The lowest BCUT2D eigenvalue weighted by atomic mass is 9.84. The molecule has 1 aliphatic rings. The Morgan fingerprint density at radius 1 is 0.719 bits per heavy atom. The van der Waals surface area contributed by atoms with E-state index in [4.69, 9.17) is 4.74 Å². The van der Waals surface area contributed by atoms with Crippen molar-refractivity contribution in [2.24, 2.45) is 0 Å². The molecule has 5 heteroatoms. The van der Waals surface area contributed by atoms with Gasteiger partial charge in [-0.2, -0.15) is 0 Å². The van der Waals surface area contributed by atoms with Crippen molar-refractivity contribution >= 4 is 22.5 Å². The maximum atomic E-state index is 13.7. The Labute approximate surface area is 183 Å². The number of fused-ring (bicyclic) bond motifs is 3. The van der Waals surface area contributed by atoms with Crippen molar-refractivity contribution in [3.8, 4) is 28.1 Å². The molecule has 2 aromatic heterocycles. The molecule has 0 bridgehead atoms. The molecule has 0 atom stereocenters. The molecule has 5 aromatic rings. The number of carbonyl (C=O) groups excluding carboxylic acids is 2. The van der Waals surface area contributed by atoms with Crippen LogP contribution in [0.5, 0.6) is 5.75 Å². The summed E-state index contributed by atoms with van der Waals surface area (Å²) in [6, 6.07) is 22.5. The van der Waals surface area contributed by atoms with E-state index >= 15 is 0 Å². The first kappa shape index (κ1) is 18.4. The molecule has 0 radical (unpaired) electrons. The third-order valence-electron chi connectivity index (χ3n) is 6.09. The van der Waals surface area contributed by atoms with Crippen LogP contribution >= 0.6 is 0 Å². The molecule has 0 spiro atoms. The maximum absolute atomic E-state index is 13.7. The highest BCUT2D eigenvalue weighted by atomic mass is 16.5. The highest BCUT2D eigenvalue weighted by Crippen LogP contribution is 2.44. The van der Waals surface area contributed by atoms with E-state index in [2.05, 4.69) is 9.97 Å². The van der Waals surface area contributed by atoms with Gasteiger partial charge in [-0.3, -0.25) is 9.59 Å². The first-order valence-electron chi connectivity index (χ1n) is 10.3. The van der Waals surface area contributed by atoms with Gasteiger partial charge < -0.3 is 14.7 Å². The Bertz CT molecular complexity index is 1540. The summed E-state index contributed by atoms with van der Waals surface area (Å²) in [6.07, 6.45) is 1.89. The van der Waals surface area contributed by atoms with Gasteiger partial charge in [0.1, 0.15) is 5.75 Å². The van der Waals surface area contributed by atoms with E-state index in [0.717, 1.165) is 39.0 Å². The molecule has 0 unspecified atom stereocenters. The Balaban J connectivity index is 1.71. The van der Waals surface area contributed by atoms with Gasteiger partial charge in [0, 0.05) is 39.4 Å². The largest absolute Gasteiger partial charge is 0.497 e. The SMILES string of the molecule is COc1ccc2[nH]cc(-c3c(-c4ccccc4)[nH]c4c3C(=O)c3ccccc3C4=O)c2c1. The number of H-pyrrole nitrogens is 2. The first-order valence-corrected chi connectivity index (χ1v) is 10.3. The first-order chi connectivity index (χ1) is 15.7. The van der Waals surface area contributed by atoms with Gasteiger partial charge in [0.25, 0.3) is 0 Å². The van der Waals surface area contributed by atoms with Crippen molar-refractivity contribution in [2.45, 2.75) is 0 Å². The average molecular weight is 418 g/mol. The number of ether oxygens (including phenoxy) is 1. The molecule has 0 aliphatic heterocycles. The Hall–Kier alpha value is -4.38.